The van der Waals surface area contributed by atoms with Gasteiger partial charge in [0, 0.05) is 30.0 Å². The van der Waals surface area contributed by atoms with E-state index in [9.17, 15) is 22.8 Å². The van der Waals surface area contributed by atoms with Crippen LogP contribution in [0.15, 0.2) is 42.5 Å². The van der Waals surface area contributed by atoms with Crippen molar-refractivity contribution in [1.29, 1.82) is 5.41 Å². The molecule has 6 nitrogen and oxygen atoms in total. The summed E-state index contributed by atoms with van der Waals surface area (Å²) in [4.78, 5) is 25.0. The van der Waals surface area contributed by atoms with E-state index in [0.29, 0.717) is 0 Å². The molecule has 0 aliphatic heterocycles. The number of anilines is 2. The summed E-state index contributed by atoms with van der Waals surface area (Å²) >= 11 is 0. The number of carbonyl (C=O) groups is 2. The lowest BCUT2D eigenvalue weighted by Gasteiger charge is -2.17. The van der Waals surface area contributed by atoms with Crippen LogP contribution in [0.2, 0.25) is 0 Å². The van der Waals surface area contributed by atoms with Crippen molar-refractivity contribution in [1.82, 2.24) is 0 Å². The van der Waals surface area contributed by atoms with Crippen LogP contribution in [-0.4, -0.2) is 24.6 Å². The number of amides is 2. The monoisotopic (exact) mass is 407 g/mol. The van der Waals surface area contributed by atoms with Crippen LogP contribution in [-0.2, 0) is 15.5 Å². The van der Waals surface area contributed by atoms with Gasteiger partial charge in [-0.05, 0) is 31.2 Å². The smallest absolute Gasteiger partial charge is 0.270 e. The molecule has 29 heavy (non-hydrogen) atoms. The van der Waals surface area contributed by atoms with Gasteiger partial charge >= 0.3 is 0 Å². The topological polar surface area (TPSA) is 91.3 Å². The quantitative estimate of drug-likeness (QED) is 0.475. The minimum absolute atomic E-state index is 0.0451. The maximum absolute atomic E-state index is 14.0. The number of hydrogen-bond donors (Lipinski definition) is 3. The first-order valence-electron chi connectivity index (χ1n) is 8.51. The maximum atomic E-state index is 14.0. The third-order valence-electron chi connectivity index (χ3n) is 4.03. The van der Waals surface area contributed by atoms with Crippen molar-refractivity contribution >= 4 is 28.9 Å². The molecule has 0 saturated heterocycles. The van der Waals surface area contributed by atoms with Crippen LogP contribution in [0.1, 0.15) is 19.4 Å². The summed E-state index contributed by atoms with van der Waals surface area (Å²) in [6.07, 6.45) is 0. The van der Waals surface area contributed by atoms with Crippen LogP contribution in [0.3, 0.4) is 0 Å². The Bertz CT molecular complexity index is 942. The number of rotatable bonds is 7. The van der Waals surface area contributed by atoms with Crippen LogP contribution >= 0.6 is 0 Å². The van der Waals surface area contributed by atoms with Crippen LogP contribution in [0.4, 0.5) is 24.5 Å². The summed E-state index contributed by atoms with van der Waals surface area (Å²) < 4.78 is 45.9. The van der Waals surface area contributed by atoms with Crippen LogP contribution in [0.5, 0.6) is 5.75 Å². The van der Waals surface area contributed by atoms with Crippen LogP contribution < -0.4 is 15.4 Å². The molecule has 2 aromatic rings. The van der Waals surface area contributed by atoms with Crippen molar-refractivity contribution in [2.75, 3.05) is 17.7 Å². The Morgan fingerprint density at radius 3 is 2.31 bits per heavy atom. The SMILES string of the molecule is COc1ccc(NC(=O)C(C(C)=N)C(=O)Nc2cccc(C(C)(F)F)c2)c(F)c1. The van der Waals surface area contributed by atoms with Gasteiger partial charge in [-0.3, -0.25) is 9.59 Å². The molecular formula is C20H20F3N3O3. The van der Waals surface area contributed by atoms with E-state index in [4.69, 9.17) is 10.1 Å². The van der Waals surface area contributed by atoms with Gasteiger partial charge in [0.25, 0.3) is 5.92 Å². The Morgan fingerprint density at radius 2 is 1.76 bits per heavy atom. The van der Waals surface area contributed by atoms with Crippen molar-refractivity contribution in [3.8, 4) is 5.75 Å². The first-order valence-corrected chi connectivity index (χ1v) is 8.51. The second-order valence-electron chi connectivity index (χ2n) is 6.41. The lowest BCUT2D eigenvalue weighted by molar-refractivity contribution is -0.126. The fourth-order valence-electron chi connectivity index (χ4n) is 2.53. The predicted molar refractivity (Wildman–Crippen MR) is 103 cm³/mol. The van der Waals surface area contributed by atoms with E-state index in [1.807, 2.05) is 0 Å². The molecule has 3 N–H and O–H groups in total. The van der Waals surface area contributed by atoms with Gasteiger partial charge in [-0.25, -0.2) is 13.2 Å². The summed E-state index contributed by atoms with van der Waals surface area (Å²) in [7, 11) is 1.36. The third kappa shape index (κ3) is 5.56. The molecule has 0 heterocycles. The van der Waals surface area contributed by atoms with E-state index in [0.717, 1.165) is 19.1 Å². The minimum Gasteiger partial charge on any atom is -0.497 e. The second-order valence-corrected chi connectivity index (χ2v) is 6.41. The lowest BCUT2D eigenvalue weighted by Crippen LogP contribution is -2.38. The standard InChI is InChI=1S/C20H20F3N3O3/c1-11(24)17(19(28)26-16-8-7-14(29-3)10-15(16)21)18(27)25-13-6-4-5-12(9-13)20(2,22)23/h4-10,17,24H,1-3H3,(H,25,27)(H,26,28). The second kappa shape index (κ2) is 8.76. The van der Waals surface area contributed by atoms with Crippen molar-refractivity contribution in [3.05, 3.63) is 53.8 Å². The van der Waals surface area contributed by atoms with E-state index in [1.165, 1.54) is 44.4 Å². The Labute approximate surface area is 165 Å². The molecule has 154 valence electrons. The van der Waals surface area contributed by atoms with Gasteiger partial charge < -0.3 is 20.8 Å². The molecule has 0 radical (unpaired) electrons. The molecule has 2 amide bonds. The number of benzene rings is 2. The molecule has 1 atom stereocenters. The highest BCUT2D eigenvalue weighted by molar-refractivity contribution is 6.24. The summed E-state index contributed by atoms with van der Waals surface area (Å²) in [5, 5.41) is 12.3. The maximum Gasteiger partial charge on any atom is 0.270 e. The van der Waals surface area contributed by atoms with Gasteiger partial charge in [0.2, 0.25) is 11.8 Å². The van der Waals surface area contributed by atoms with Gasteiger partial charge in [0.05, 0.1) is 12.8 Å². The molecule has 2 aromatic carbocycles. The van der Waals surface area contributed by atoms with Gasteiger partial charge in [0.1, 0.15) is 11.6 Å². The average Bonchev–Trinajstić information content (AvgIpc) is 2.62. The fourth-order valence-corrected chi connectivity index (χ4v) is 2.53. The molecule has 0 fully saturated rings. The van der Waals surface area contributed by atoms with E-state index >= 15 is 0 Å². The Balaban J connectivity index is 2.19. The number of hydrogen-bond acceptors (Lipinski definition) is 4. The minimum atomic E-state index is -3.11. The Kier molecular flexibility index (Phi) is 6.63. The van der Waals surface area contributed by atoms with Crippen molar-refractivity contribution < 1.29 is 27.5 Å². The molecule has 0 aromatic heterocycles. The number of ether oxygens (including phenoxy) is 1. The van der Waals surface area contributed by atoms with Gasteiger partial charge in [0.15, 0.2) is 5.92 Å². The number of halogens is 3. The molecule has 0 spiro atoms. The highest BCUT2D eigenvalue weighted by Crippen LogP contribution is 2.29. The molecular weight excluding hydrogens is 387 g/mol. The van der Waals surface area contributed by atoms with Crippen LogP contribution in [0.25, 0.3) is 0 Å². The molecule has 2 rings (SSSR count). The third-order valence-corrected chi connectivity index (χ3v) is 4.03. The summed E-state index contributed by atoms with van der Waals surface area (Å²) in [6.45, 7) is 1.96. The number of carbonyl (C=O) groups excluding carboxylic acids is 2. The zero-order valence-electron chi connectivity index (χ0n) is 16.0. The molecule has 0 bridgehead atoms. The summed E-state index contributed by atoms with van der Waals surface area (Å²) in [6, 6.07) is 8.72. The highest BCUT2D eigenvalue weighted by Gasteiger charge is 2.30. The van der Waals surface area contributed by atoms with E-state index < -0.39 is 29.5 Å². The van der Waals surface area contributed by atoms with Crippen molar-refractivity contribution in [3.63, 3.8) is 0 Å². The number of alkyl halides is 2. The fraction of sp³-hybridized carbons (Fsp3) is 0.250. The average molecular weight is 407 g/mol. The number of methoxy groups -OCH3 is 1. The zero-order valence-corrected chi connectivity index (χ0v) is 16.0. The first kappa shape index (κ1) is 21.9. The van der Waals surface area contributed by atoms with Gasteiger partial charge in [-0.15, -0.1) is 0 Å². The molecule has 0 aliphatic carbocycles. The molecule has 1 unspecified atom stereocenters. The largest absolute Gasteiger partial charge is 0.497 e. The summed E-state index contributed by atoms with van der Waals surface area (Å²) in [5.74, 6) is -7.07. The van der Waals surface area contributed by atoms with E-state index in [1.54, 1.807) is 0 Å². The van der Waals surface area contributed by atoms with Gasteiger partial charge in [-0.2, -0.15) is 0 Å². The Morgan fingerprint density at radius 1 is 1.10 bits per heavy atom. The molecule has 0 saturated carbocycles. The molecule has 9 heteroatoms. The normalized spacial score (nSPS) is 12.1. The molecule has 0 aliphatic rings. The van der Waals surface area contributed by atoms with Crippen molar-refractivity contribution in [2.24, 2.45) is 5.92 Å². The van der Waals surface area contributed by atoms with Gasteiger partial charge in [-0.1, -0.05) is 12.1 Å². The predicted octanol–water partition coefficient (Wildman–Crippen LogP) is 4.18. The highest BCUT2D eigenvalue weighted by atomic mass is 19.3. The van der Waals surface area contributed by atoms with E-state index in [-0.39, 0.29) is 28.4 Å². The Hall–Kier alpha value is -3.36. The first-order chi connectivity index (χ1) is 13.5. The van der Waals surface area contributed by atoms with E-state index in [2.05, 4.69) is 10.6 Å². The zero-order chi connectivity index (χ0) is 21.8. The lowest BCUT2D eigenvalue weighted by atomic mass is 10.0. The number of nitrogens with one attached hydrogen (secondary N) is 3. The van der Waals surface area contributed by atoms with Crippen LogP contribution in [0, 0.1) is 17.1 Å². The summed E-state index contributed by atoms with van der Waals surface area (Å²) in [5.41, 5.74) is -0.764. The van der Waals surface area contributed by atoms with Crippen molar-refractivity contribution in [2.45, 2.75) is 19.8 Å².